The molecule has 2 bridgehead atoms. The van der Waals surface area contributed by atoms with Gasteiger partial charge in [-0.05, 0) is 181 Å². The van der Waals surface area contributed by atoms with Crippen LogP contribution in [0.4, 0.5) is 17.1 Å². The molecule has 1 nitrogen and oxygen atoms in total. The Hall–Kier alpha value is -7.22. The van der Waals surface area contributed by atoms with Gasteiger partial charge in [0.15, 0.2) is 0 Å². The fourth-order valence-corrected chi connectivity index (χ4v) is 15.5. The third-order valence-corrected chi connectivity index (χ3v) is 18.2. The molecule has 6 unspecified atom stereocenters. The van der Waals surface area contributed by atoms with Crippen molar-refractivity contribution in [1.29, 1.82) is 0 Å². The number of rotatable bonds is 5. The molecule has 6 atom stereocenters. The summed E-state index contributed by atoms with van der Waals surface area (Å²) >= 11 is 0. The summed E-state index contributed by atoms with van der Waals surface area (Å²) in [6.45, 7) is 0. The highest BCUT2D eigenvalue weighted by molar-refractivity contribution is 5.98. The number of hydrogen-bond acceptors (Lipinski definition) is 1. The largest absolute Gasteiger partial charge is 0.310 e. The lowest BCUT2D eigenvalue weighted by Crippen LogP contribution is -2.65. The summed E-state index contributed by atoms with van der Waals surface area (Å²) in [6.07, 6.45) is 7.74. The Morgan fingerprint density at radius 1 is 0.343 bits per heavy atom. The van der Waals surface area contributed by atoms with Crippen LogP contribution >= 0.6 is 0 Å². The second kappa shape index (κ2) is 14.1. The first kappa shape index (κ1) is 37.9. The van der Waals surface area contributed by atoms with Gasteiger partial charge in [-0.25, -0.2) is 0 Å². The molecule has 0 amide bonds. The van der Waals surface area contributed by atoms with Crippen molar-refractivity contribution in [2.75, 3.05) is 4.90 Å². The van der Waals surface area contributed by atoms with E-state index in [-0.39, 0.29) is 5.41 Å². The second-order valence-electron chi connectivity index (χ2n) is 20.7. The number of hydrogen-bond donors (Lipinski definition) is 0. The first-order valence-electron chi connectivity index (χ1n) is 24.9. The number of benzene rings is 9. The molecule has 1 heteroatoms. The van der Waals surface area contributed by atoms with E-state index in [9.17, 15) is 0 Å². The third-order valence-electron chi connectivity index (χ3n) is 18.2. The van der Waals surface area contributed by atoms with Crippen molar-refractivity contribution in [3.05, 3.63) is 235 Å². The molecule has 0 saturated heterocycles. The van der Waals surface area contributed by atoms with E-state index in [2.05, 4.69) is 217 Å². The van der Waals surface area contributed by atoms with Gasteiger partial charge in [-0.15, -0.1) is 0 Å². The summed E-state index contributed by atoms with van der Waals surface area (Å²) in [5.74, 6) is 3.45. The normalized spacial score (nSPS) is 23.9. The van der Waals surface area contributed by atoms with E-state index in [0.717, 1.165) is 42.2 Å². The van der Waals surface area contributed by atoms with Crippen LogP contribution in [0.5, 0.6) is 0 Å². The van der Waals surface area contributed by atoms with Crippen LogP contribution in [0.2, 0.25) is 0 Å². The van der Waals surface area contributed by atoms with Gasteiger partial charge >= 0.3 is 0 Å². The van der Waals surface area contributed by atoms with Gasteiger partial charge in [0, 0.05) is 22.4 Å². The predicted molar refractivity (Wildman–Crippen MR) is 277 cm³/mol. The quantitative estimate of drug-likeness (QED) is 0.167. The second-order valence-corrected chi connectivity index (χ2v) is 20.7. The van der Waals surface area contributed by atoms with Gasteiger partial charge in [-0.1, -0.05) is 182 Å². The van der Waals surface area contributed by atoms with Crippen LogP contribution in [0, 0.1) is 29.1 Å². The molecule has 320 valence electrons. The third kappa shape index (κ3) is 5.15. The minimum Gasteiger partial charge on any atom is -0.310 e. The van der Waals surface area contributed by atoms with Gasteiger partial charge in [0.2, 0.25) is 0 Å². The maximum atomic E-state index is 2.59. The lowest BCUT2D eigenvalue weighted by molar-refractivity contribution is -0.193. The Kier molecular flexibility index (Phi) is 8.01. The molecule has 0 aromatic heterocycles. The Balaban J connectivity index is 0.959. The van der Waals surface area contributed by atoms with E-state index in [1.54, 1.807) is 11.1 Å². The van der Waals surface area contributed by atoms with Gasteiger partial charge in [-0.2, -0.15) is 0 Å². The van der Waals surface area contributed by atoms with Gasteiger partial charge in [-0.3, -0.25) is 0 Å². The van der Waals surface area contributed by atoms with E-state index in [0.29, 0.717) is 5.41 Å². The molecule has 0 radical (unpaired) electrons. The van der Waals surface area contributed by atoms with Gasteiger partial charge in [0.05, 0.1) is 5.69 Å². The highest BCUT2D eigenvalue weighted by Crippen LogP contribution is 2.88. The molecule has 0 heterocycles. The van der Waals surface area contributed by atoms with E-state index in [1.807, 2.05) is 0 Å². The maximum Gasteiger partial charge on any atom is 0.0540 e. The zero-order valence-corrected chi connectivity index (χ0v) is 37.7. The fourth-order valence-electron chi connectivity index (χ4n) is 15.5. The Bertz CT molecular complexity index is 3470. The smallest absolute Gasteiger partial charge is 0.0540 e. The minimum atomic E-state index is 0.147. The highest BCUT2D eigenvalue weighted by Gasteiger charge is 2.82. The lowest BCUT2D eigenvalue weighted by atomic mass is 9.34. The summed E-state index contributed by atoms with van der Waals surface area (Å²) in [6, 6.07) is 80.9. The Morgan fingerprint density at radius 3 is 1.57 bits per heavy atom. The van der Waals surface area contributed by atoms with Crippen LogP contribution in [-0.4, -0.2) is 0 Å². The topological polar surface area (TPSA) is 3.24 Å². The molecule has 0 aliphatic heterocycles. The standard InChI is InChI=1S/C66H51N/c1-2-14-42(15-3-1)43-26-28-46(29-27-43)54-20-11-13-25-63(54)67(51-33-35-62-60(40-51)58-23-10-12-24-61(58)66(62)49-37-47-36-48-38-64(66)65(47,48)41-49)50-32-34-57-53-19-7-5-17-45(53)31-30-44-16-4-6-18-52(44)55-21-8-9-22-56(55)59(57)39-50/h1-29,32-35,39-40,47-49,64H,30-31,36-38,41H2. The van der Waals surface area contributed by atoms with E-state index in [1.165, 1.54) is 115 Å². The van der Waals surface area contributed by atoms with E-state index in [4.69, 9.17) is 0 Å². The summed E-state index contributed by atoms with van der Waals surface area (Å²) in [4.78, 5) is 2.58. The lowest BCUT2D eigenvalue weighted by Gasteiger charge is -2.70. The Labute approximate surface area is 394 Å². The summed E-state index contributed by atoms with van der Waals surface area (Å²) in [5, 5.41) is 0. The molecule has 67 heavy (non-hydrogen) atoms. The van der Waals surface area contributed by atoms with Gasteiger partial charge in [0.1, 0.15) is 0 Å². The summed E-state index contributed by atoms with van der Waals surface area (Å²) in [7, 11) is 0. The number of fused-ring (bicyclic) bond motifs is 15. The Morgan fingerprint density at radius 2 is 0.851 bits per heavy atom. The molecule has 9 aromatic rings. The summed E-state index contributed by atoms with van der Waals surface area (Å²) in [5.41, 5.74) is 25.8. The van der Waals surface area contributed by atoms with Crippen molar-refractivity contribution in [1.82, 2.24) is 0 Å². The first-order valence-corrected chi connectivity index (χ1v) is 24.9. The minimum absolute atomic E-state index is 0.147. The average molecular weight is 858 g/mol. The molecular weight excluding hydrogens is 807 g/mol. The van der Waals surface area contributed by atoms with Crippen LogP contribution in [0.1, 0.15) is 47.9 Å². The van der Waals surface area contributed by atoms with E-state index >= 15 is 0 Å². The highest BCUT2D eigenvalue weighted by atomic mass is 15.1. The van der Waals surface area contributed by atoms with Crippen molar-refractivity contribution in [2.24, 2.45) is 29.1 Å². The van der Waals surface area contributed by atoms with Crippen molar-refractivity contribution < 1.29 is 0 Å². The summed E-state index contributed by atoms with van der Waals surface area (Å²) < 4.78 is 0. The monoisotopic (exact) mass is 857 g/mol. The molecule has 4 saturated carbocycles. The number of nitrogens with zero attached hydrogens (tertiary/aromatic N) is 1. The zero-order chi connectivity index (χ0) is 43.8. The maximum absolute atomic E-state index is 2.59. The molecule has 4 fully saturated rings. The average Bonchev–Trinajstić information content (AvgIpc) is 4.00. The van der Waals surface area contributed by atoms with Crippen LogP contribution < -0.4 is 4.90 Å². The van der Waals surface area contributed by atoms with E-state index < -0.39 is 0 Å². The van der Waals surface area contributed by atoms with Crippen LogP contribution in [0.15, 0.2) is 212 Å². The number of anilines is 3. The first-order chi connectivity index (χ1) is 33.2. The van der Waals surface area contributed by atoms with Crippen molar-refractivity contribution in [3.63, 3.8) is 0 Å². The molecule has 0 N–H and O–H groups in total. The fraction of sp³-hybridized carbons (Fsp3) is 0.182. The van der Waals surface area contributed by atoms with Crippen molar-refractivity contribution in [3.8, 4) is 66.8 Å². The molecule has 6 aliphatic carbocycles. The predicted octanol–water partition coefficient (Wildman–Crippen LogP) is 16.9. The molecule has 9 aromatic carbocycles. The van der Waals surface area contributed by atoms with Gasteiger partial charge in [0.25, 0.3) is 0 Å². The van der Waals surface area contributed by atoms with Crippen LogP contribution in [0.3, 0.4) is 0 Å². The molecule has 2 spiro atoms. The van der Waals surface area contributed by atoms with Crippen molar-refractivity contribution >= 4 is 17.1 Å². The zero-order valence-electron chi connectivity index (χ0n) is 37.7. The van der Waals surface area contributed by atoms with Crippen LogP contribution in [0.25, 0.3) is 66.8 Å². The van der Waals surface area contributed by atoms with Crippen molar-refractivity contribution in [2.45, 2.75) is 43.9 Å². The number of aryl methyl sites for hydroxylation is 2. The molecule has 15 rings (SSSR count). The van der Waals surface area contributed by atoms with Gasteiger partial charge < -0.3 is 4.90 Å². The van der Waals surface area contributed by atoms with Crippen LogP contribution in [-0.2, 0) is 18.3 Å². The SMILES string of the molecule is c1ccc(-c2ccc(-c3ccccc3N(c3ccc4c(c3)-c3ccccc3-c3ccccc3CCc3ccccc3-4)c3ccc4c(c3)-c3ccccc3C43C4CC5CC6CC3C56C4)cc2)cc1. The molecular formula is C66H51N. The number of para-hydroxylation sites is 1. The molecule has 6 aliphatic rings.